The Hall–Kier alpha value is -0.900. The van der Waals surface area contributed by atoms with Crippen molar-refractivity contribution in [3.63, 3.8) is 0 Å². The van der Waals surface area contributed by atoms with E-state index in [4.69, 9.17) is 9.47 Å². The van der Waals surface area contributed by atoms with Crippen molar-refractivity contribution in [1.82, 2.24) is 0 Å². The Morgan fingerprint density at radius 3 is 1.43 bits per heavy atom. The minimum Gasteiger partial charge on any atom is -0.496 e. The minimum absolute atomic E-state index is 0.888. The average Bonchev–Trinajstić information content (AvgIpc) is 3.43. The number of rotatable bonds is 4. The number of allylic oxidation sites excluding steroid dienone is 4. The largest absolute Gasteiger partial charge is 0.496 e. The van der Waals surface area contributed by atoms with Crippen LogP contribution in [0.15, 0.2) is 75.3 Å². The first-order valence-corrected chi connectivity index (χ1v) is 16.5. The molecule has 2 nitrogen and oxygen atoms in total. The topological polar surface area (TPSA) is 18.5 Å². The fourth-order valence-corrected chi connectivity index (χ4v) is 12.6. The Balaban J connectivity index is 1.82. The van der Waals surface area contributed by atoms with Gasteiger partial charge in [0, 0.05) is 32.1 Å². The van der Waals surface area contributed by atoms with Crippen molar-refractivity contribution in [3.8, 4) is 11.5 Å². The normalized spacial score (nSPS) is 23.2. The summed E-state index contributed by atoms with van der Waals surface area (Å²) >= 11 is 11.6. The van der Waals surface area contributed by atoms with Crippen LogP contribution in [0.5, 0.6) is 11.5 Å². The van der Waals surface area contributed by atoms with E-state index in [1.54, 1.807) is 14.2 Å². The number of fused-ring (bicyclic) bond motifs is 4. The molecule has 35 heavy (non-hydrogen) atoms. The number of hydrogen-bond acceptors (Lipinski definition) is 8. The molecule has 182 valence electrons. The van der Waals surface area contributed by atoms with Gasteiger partial charge >= 0.3 is 0 Å². The van der Waals surface area contributed by atoms with Gasteiger partial charge in [0.15, 0.2) is 0 Å². The molecule has 0 N–H and O–H groups in total. The number of hydrogen-bond donors (Lipinski definition) is 0. The molecule has 0 radical (unpaired) electrons. The fourth-order valence-electron chi connectivity index (χ4n) is 3.97. The van der Waals surface area contributed by atoms with Gasteiger partial charge < -0.3 is 9.47 Å². The first-order valence-electron chi connectivity index (χ1n) is 11.2. The van der Waals surface area contributed by atoms with Gasteiger partial charge in [-0.25, -0.2) is 0 Å². The molecule has 2 aromatic carbocycles. The molecule has 0 aliphatic carbocycles. The van der Waals surface area contributed by atoms with Crippen LogP contribution in [0, 0.1) is 0 Å². The van der Waals surface area contributed by atoms with E-state index >= 15 is 0 Å². The van der Waals surface area contributed by atoms with Crippen molar-refractivity contribution >= 4 is 81.7 Å². The predicted molar refractivity (Wildman–Crippen MR) is 165 cm³/mol. The maximum absolute atomic E-state index is 5.91. The van der Waals surface area contributed by atoms with E-state index < -0.39 is 0 Å². The Kier molecular flexibility index (Phi) is 8.57. The van der Waals surface area contributed by atoms with Gasteiger partial charge in [-0.3, -0.25) is 0 Å². The smallest absolute Gasteiger partial charge is 0.126 e. The molecule has 0 saturated heterocycles. The van der Waals surface area contributed by atoms with Crippen molar-refractivity contribution in [2.45, 2.75) is 20.3 Å². The maximum atomic E-state index is 5.91. The van der Waals surface area contributed by atoms with Gasteiger partial charge in [-0.15, -0.1) is 23.5 Å². The summed E-state index contributed by atoms with van der Waals surface area (Å²) in [4.78, 5) is 2.77. The summed E-state index contributed by atoms with van der Waals surface area (Å²) in [5, 5.41) is 0. The van der Waals surface area contributed by atoms with Crippen LogP contribution in [-0.2, 0) is 0 Å². The number of methoxy groups -OCH3 is 2. The van der Waals surface area contributed by atoms with Crippen LogP contribution in [0.1, 0.15) is 31.4 Å². The molecule has 0 saturated carbocycles. The number of ether oxygens (including phenoxy) is 2. The van der Waals surface area contributed by atoms with Gasteiger partial charge in [0.25, 0.3) is 0 Å². The molecular weight excluding hydrogens is 549 g/mol. The summed E-state index contributed by atoms with van der Waals surface area (Å²) in [6, 6.07) is 16.8. The summed E-state index contributed by atoms with van der Waals surface area (Å²) < 4.78 is 17.3. The third kappa shape index (κ3) is 5.39. The third-order valence-electron chi connectivity index (χ3n) is 5.60. The van der Waals surface area contributed by atoms with E-state index in [-0.39, 0.29) is 0 Å². The molecule has 5 rings (SSSR count). The highest BCUT2D eigenvalue weighted by atomic mass is 32.2. The van der Waals surface area contributed by atoms with Gasteiger partial charge in [0.1, 0.15) is 11.5 Å². The van der Waals surface area contributed by atoms with Crippen LogP contribution >= 0.6 is 70.6 Å². The highest BCUT2D eigenvalue weighted by molar-refractivity contribution is 8.36. The molecule has 0 unspecified atom stereocenters. The minimum atomic E-state index is 0.888. The lowest BCUT2D eigenvalue weighted by molar-refractivity contribution is 0.413. The van der Waals surface area contributed by atoms with Crippen LogP contribution < -0.4 is 9.47 Å². The number of benzene rings is 2. The van der Waals surface area contributed by atoms with Gasteiger partial charge in [0.05, 0.1) is 31.2 Å². The van der Waals surface area contributed by atoms with Crippen LogP contribution in [-0.4, -0.2) is 25.7 Å². The van der Waals surface area contributed by atoms with Gasteiger partial charge in [0.2, 0.25) is 0 Å². The second-order valence-electron chi connectivity index (χ2n) is 7.87. The molecular formula is C27H26O2S6. The zero-order valence-electron chi connectivity index (χ0n) is 20.0. The maximum Gasteiger partial charge on any atom is 0.126 e. The van der Waals surface area contributed by atoms with Crippen LogP contribution in [0.25, 0.3) is 11.1 Å². The van der Waals surface area contributed by atoms with E-state index in [0.29, 0.717) is 0 Å². The lowest BCUT2D eigenvalue weighted by Crippen LogP contribution is -2.00. The van der Waals surface area contributed by atoms with Crippen LogP contribution in [0.3, 0.4) is 0 Å². The summed E-state index contributed by atoms with van der Waals surface area (Å²) in [5.41, 5.74) is 4.69. The average molecular weight is 575 g/mol. The first-order chi connectivity index (χ1) is 17.1. The molecule has 0 aromatic heterocycles. The molecule has 3 heterocycles. The Labute approximate surface area is 233 Å². The Bertz CT molecular complexity index is 1180. The zero-order valence-corrected chi connectivity index (χ0v) is 24.9. The summed E-state index contributed by atoms with van der Waals surface area (Å²) in [5.74, 6) is 4.07. The van der Waals surface area contributed by atoms with Crippen molar-refractivity contribution in [1.29, 1.82) is 0 Å². The second kappa shape index (κ2) is 11.7. The highest BCUT2D eigenvalue weighted by Crippen LogP contribution is 2.63. The van der Waals surface area contributed by atoms with E-state index in [0.717, 1.165) is 34.1 Å². The van der Waals surface area contributed by atoms with Crippen molar-refractivity contribution < 1.29 is 9.47 Å². The van der Waals surface area contributed by atoms with Crippen molar-refractivity contribution in [2.75, 3.05) is 25.7 Å². The lowest BCUT2D eigenvalue weighted by atomic mass is 9.93. The molecule has 3 aliphatic rings. The second-order valence-corrected chi connectivity index (χ2v) is 15.6. The first kappa shape index (κ1) is 25.7. The molecule has 0 spiro atoms. The van der Waals surface area contributed by atoms with E-state index in [1.165, 1.54) is 44.3 Å². The van der Waals surface area contributed by atoms with Crippen LogP contribution in [0.2, 0.25) is 0 Å². The molecule has 0 amide bonds. The third-order valence-corrected chi connectivity index (χ3v) is 14.0. The number of thioether (sulfide) groups is 6. The zero-order chi connectivity index (χ0) is 24.4. The van der Waals surface area contributed by atoms with Gasteiger partial charge in [-0.2, -0.15) is 0 Å². The predicted octanol–water partition coefficient (Wildman–Crippen LogP) is 9.95. The quantitative estimate of drug-likeness (QED) is 0.354. The SMILES string of the molecule is COc1ccccc1C1=C2\SC(C)=C(SCCCSC3=C(C)S\C(=C\1c1ccccc1OC)S3)S2. The molecule has 8 heteroatoms. The summed E-state index contributed by atoms with van der Waals surface area (Å²) in [7, 11) is 3.53. The van der Waals surface area contributed by atoms with Gasteiger partial charge in [-0.1, -0.05) is 83.4 Å². The van der Waals surface area contributed by atoms with E-state index in [9.17, 15) is 0 Å². The summed E-state index contributed by atoms with van der Waals surface area (Å²) in [6.07, 6.45) is 1.20. The molecule has 0 atom stereocenters. The molecule has 3 aliphatic heterocycles. The van der Waals surface area contributed by atoms with E-state index in [2.05, 4.69) is 50.2 Å². The van der Waals surface area contributed by atoms with Crippen molar-refractivity contribution in [2.24, 2.45) is 0 Å². The highest BCUT2D eigenvalue weighted by Gasteiger charge is 2.32. The van der Waals surface area contributed by atoms with Crippen LogP contribution in [0.4, 0.5) is 0 Å². The van der Waals surface area contributed by atoms with E-state index in [1.807, 2.05) is 82.7 Å². The summed E-state index contributed by atoms with van der Waals surface area (Å²) in [6.45, 7) is 4.51. The Morgan fingerprint density at radius 1 is 0.571 bits per heavy atom. The lowest BCUT2D eigenvalue weighted by Gasteiger charge is -2.21. The Morgan fingerprint density at radius 2 is 1.00 bits per heavy atom. The van der Waals surface area contributed by atoms with Gasteiger partial charge in [-0.05, 0) is 43.9 Å². The standard InChI is InChI=1S/C27H26O2S6/c1-16-24-30-14-9-15-31-25-17(2)33-27(35-25)23(19-11-6-8-13-21(19)29-4)22(26(32-16)34-24)18-10-5-7-12-20(18)28-3/h5-8,10-13H,9,14-15H2,1-4H3/b26-22-,27-23-. The number of para-hydroxylation sites is 2. The molecule has 4 bridgehead atoms. The monoisotopic (exact) mass is 574 g/mol. The fraction of sp³-hybridized carbons (Fsp3) is 0.259. The molecule has 2 aromatic rings. The molecule has 0 fully saturated rings. The van der Waals surface area contributed by atoms with Crippen molar-refractivity contribution in [3.05, 3.63) is 86.4 Å².